The maximum atomic E-state index is 12.6. The number of rotatable bonds is 4. The highest BCUT2D eigenvalue weighted by Crippen LogP contribution is 2.10. The molecule has 0 unspecified atom stereocenters. The van der Waals surface area contributed by atoms with Crippen molar-refractivity contribution in [1.82, 2.24) is 32.9 Å². The van der Waals surface area contributed by atoms with Gasteiger partial charge in [0.15, 0.2) is 11.2 Å². The minimum Gasteiger partial charge on any atom is -0.304 e. The molecule has 0 amide bonds. The lowest BCUT2D eigenvalue weighted by molar-refractivity contribution is 0.151. The Morgan fingerprint density at radius 3 is 2.39 bits per heavy atom. The Kier molecular flexibility index (Phi) is 4.68. The van der Waals surface area contributed by atoms with E-state index < -0.39 is 11.2 Å². The zero-order valence-electron chi connectivity index (χ0n) is 16.5. The fourth-order valence-electron chi connectivity index (χ4n) is 3.80. The van der Waals surface area contributed by atoms with Gasteiger partial charge in [0.05, 0.1) is 0 Å². The third-order valence-electron chi connectivity index (χ3n) is 5.60. The average Bonchev–Trinajstić information content (AvgIpc) is 3.07. The van der Waals surface area contributed by atoms with Crippen molar-refractivity contribution in [1.29, 1.82) is 0 Å². The zero-order chi connectivity index (χ0) is 20.0. The number of hydrogen-bond donors (Lipinski definition) is 0. The lowest BCUT2D eigenvalue weighted by Gasteiger charge is -2.32. The molecular formula is C18H25N7O3. The second-order valence-electron chi connectivity index (χ2n) is 7.46. The predicted molar refractivity (Wildman–Crippen MR) is 106 cm³/mol. The largest absolute Gasteiger partial charge is 0.332 e. The first kappa shape index (κ1) is 18.6. The Balaban J connectivity index is 1.71. The van der Waals surface area contributed by atoms with Gasteiger partial charge in [0.1, 0.15) is 0 Å². The Bertz CT molecular complexity index is 1210. The van der Waals surface area contributed by atoms with Crippen LogP contribution >= 0.6 is 0 Å². The van der Waals surface area contributed by atoms with E-state index in [2.05, 4.69) is 21.8 Å². The van der Waals surface area contributed by atoms with Gasteiger partial charge in [-0.2, -0.15) is 4.98 Å². The van der Waals surface area contributed by atoms with E-state index in [9.17, 15) is 14.4 Å². The molecule has 1 saturated heterocycles. The molecule has 10 heteroatoms. The van der Waals surface area contributed by atoms with Crippen LogP contribution in [-0.2, 0) is 20.6 Å². The van der Waals surface area contributed by atoms with Gasteiger partial charge in [-0.15, -0.1) is 0 Å². The van der Waals surface area contributed by atoms with Gasteiger partial charge in [-0.25, -0.2) is 4.79 Å². The highest BCUT2D eigenvalue weighted by atomic mass is 16.2. The van der Waals surface area contributed by atoms with Crippen molar-refractivity contribution >= 4 is 16.9 Å². The Morgan fingerprint density at radius 1 is 0.964 bits per heavy atom. The predicted octanol–water partition coefficient (Wildman–Crippen LogP) is -1.32. The lowest BCUT2D eigenvalue weighted by Crippen LogP contribution is -2.44. The number of nitrogens with zero attached hydrogens (tertiary/aromatic N) is 7. The van der Waals surface area contributed by atoms with Gasteiger partial charge in [0, 0.05) is 59.1 Å². The first-order chi connectivity index (χ1) is 13.4. The summed E-state index contributed by atoms with van der Waals surface area (Å²) in [6.07, 6.45) is 2.36. The minimum atomic E-state index is -0.440. The molecule has 0 N–H and O–H groups in total. The van der Waals surface area contributed by atoms with Crippen LogP contribution in [0, 0.1) is 0 Å². The fourth-order valence-corrected chi connectivity index (χ4v) is 3.80. The van der Waals surface area contributed by atoms with Crippen molar-refractivity contribution < 1.29 is 0 Å². The quantitative estimate of drug-likeness (QED) is 0.552. The van der Waals surface area contributed by atoms with Crippen molar-refractivity contribution in [2.75, 3.05) is 39.8 Å². The van der Waals surface area contributed by atoms with Gasteiger partial charge in [-0.3, -0.25) is 27.7 Å². The van der Waals surface area contributed by atoms with E-state index in [-0.39, 0.29) is 11.2 Å². The maximum Gasteiger partial charge on any atom is 0.332 e. The molecule has 3 aromatic rings. The molecule has 0 radical (unpaired) electrons. The lowest BCUT2D eigenvalue weighted by atomic mass is 10.3. The van der Waals surface area contributed by atoms with Gasteiger partial charge >= 0.3 is 5.69 Å². The molecule has 0 saturated carbocycles. The van der Waals surface area contributed by atoms with Gasteiger partial charge in [0.25, 0.3) is 11.1 Å². The molecule has 0 atom stereocenters. The van der Waals surface area contributed by atoms with Gasteiger partial charge in [-0.05, 0) is 20.0 Å². The summed E-state index contributed by atoms with van der Waals surface area (Å²) in [7, 11) is 5.14. The Hall–Kier alpha value is -2.72. The molecule has 3 aromatic heterocycles. The normalized spacial score (nSPS) is 16.4. The molecule has 150 valence electrons. The van der Waals surface area contributed by atoms with E-state index in [1.165, 1.54) is 17.7 Å². The van der Waals surface area contributed by atoms with E-state index >= 15 is 0 Å². The number of hydrogen-bond acceptors (Lipinski definition) is 6. The van der Waals surface area contributed by atoms with E-state index in [1.807, 2.05) is 0 Å². The van der Waals surface area contributed by atoms with Crippen LogP contribution in [0.5, 0.6) is 0 Å². The van der Waals surface area contributed by atoms with Crippen LogP contribution in [0.3, 0.4) is 0 Å². The molecule has 0 spiro atoms. The first-order valence-electron chi connectivity index (χ1n) is 9.47. The standard InChI is InChI=1S/C18H25N7O3/c1-20-9-11-23(12-10-20)6-4-7-24-13(26)5-8-25-14-15(19-17(24)25)21(2)18(28)22(3)16(14)27/h5,8H,4,6-7,9-12H2,1-3H3. The van der Waals surface area contributed by atoms with Crippen LogP contribution < -0.4 is 16.8 Å². The molecular weight excluding hydrogens is 362 g/mol. The average molecular weight is 387 g/mol. The highest BCUT2D eigenvalue weighted by molar-refractivity contribution is 5.75. The van der Waals surface area contributed by atoms with Crippen molar-refractivity contribution in [2.24, 2.45) is 14.1 Å². The number of likely N-dealkylation sites (N-methyl/N-ethyl adjacent to an activating group) is 1. The van der Waals surface area contributed by atoms with Gasteiger partial charge in [-0.1, -0.05) is 0 Å². The third kappa shape index (κ3) is 2.98. The molecule has 1 aliphatic heterocycles. The first-order valence-corrected chi connectivity index (χ1v) is 9.47. The number of aromatic nitrogens is 5. The molecule has 0 aliphatic carbocycles. The summed E-state index contributed by atoms with van der Waals surface area (Å²) in [6.45, 7) is 5.58. The number of fused-ring (bicyclic) bond motifs is 3. The zero-order valence-corrected chi connectivity index (χ0v) is 16.5. The summed E-state index contributed by atoms with van der Waals surface area (Å²) < 4.78 is 5.58. The van der Waals surface area contributed by atoms with Crippen LogP contribution in [-0.4, -0.2) is 72.7 Å². The van der Waals surface area contributed by atoms with Crippen LogP contribution in [0.15, 0.2) is 26.6 Å². The minimum absolute atomic E-state index is 0.164. The smallest absolute Gasteiger partial charge is 0.304 e. The second-order valence-corrected chi connectivity index (χ2v) is 7.46. The number of aryl methyl sites for hydroxylation is 2. The Labute approximate surface area is 160 Å². The van der Waals surface area contributed by atoms with Crippen molar-refractivity contribution in [2.45, 2.75) is 13.0 Å². The summed E-state index contributed by atoms with van der Waals surface area (Å²) in [4.78, 5) is 46.5. The Morgan fingerprint density at radius 2 is 1.68 bits per heavy atom. The molecule has 4 heterocycles. The SMILES string of the molecule is CN1CCN(CCCn2c(=O)ccn3c4c(=O)n(C)c(=O)n(C)c4nc23)CC1. The van der Waals surface area contributed by atoms with E-state index in [0.29, 0.717) is 17.8 Å². The third-order valence-corrected chi connectivity index (χ3v) is 5.60. The van der Waals surface area contributed by atoms with Crippen LogP contribution in [0.25, 0.3) is 16.9 Å². The molecule has 1 fully saturated rings. The summed E-state index contributed by atoms with van der Waals surface area (Å²) in [6, 6.07) is 1.44. The van der Waals surface area contributed by atoms with E-state index in [0.717, 1.165) is 43.7 Å². The summed E-state index contributed by atoms with van der Waals surface area (Å²) in [5.74, 6) is 0.388. The number of imidazole rings is 1. The number of piperazine rings is 1. The fraction of sp³-hybridized carbons (Fsp3) is 0.556. The van der Waals surface area contributed by atoms with E-state index in [4.69, 9.17) is 0 Å². The summed E-state index contributed by atoms with van der Waals surface area (Å²) >= 11 is 0. The highest BCUT2D eigenvalue weighted by Gasteiger charge is 2.18. The molecule has 10 nitrogen and oxygen atoms in total. The molecule has 1 aliphatic rings. The van der Waals surface area contributed by atoms with Gasteiger partial charge in [0.2, 0.25) is 5.78 Å². The molecule has 0 aromatic carbocycles. The molecule has 0 bridgehead atoms. The van der Waals surface area contributed by atoms with E-state index in [1.54, 1.807) is 22.2 Å². The van der Waals surface area contributed by atoms with Crippen molar-refractivity contribution in [3.05, 3.63) is 43.5 Å². The van der Waals surface area contributed by atoms with Crippen molar-refractivity contribution in [3.63, 3.8) is 0 Å². The monoisotopic (exact) mass is 387 g/mol. The summed E-state index contributed by atoms with van der Waals surface area (Å²) in [5.41, 5.74) is -0.444. The van der Waals surface area contributed by atoms with Gasteiger partial charge < -0.3 is 9.80 Å². The van der Waals surface area contributed by atoms with Crippen LogP contribution in [0.1, 0.15) is 6.42 Å². The van der Waals surface area contributed by atoms with Crippen LogP contribution in [0.2, 0.25) is 0 Å². The van der Waals surface area contributed by atoms with Crippen LogP contribution in [0.4, 0.5) is 0 Å². The molecule has 28 heavy (non-hydrogen) atoms. The topological polar surface area (TPSA) is 89.8 Å². The maximum absolute atomic E-state index is 12.6. The summed E-state index contributed by atoms with van der Waals surface area (Å²) in [5, 5.41) is 0. The van der Waals surface area contributed by atoms with Crippen molar-refractivity contribution in [3.8, 4) is 0 Å². The second kappa shape index (κ2) is 7.02. The molecule has 4 rings (SSSR count).